The predicted octanol–water partition coefficient (Wildman–Crippen LogP) is 5.51. The molecule has 0 amide bonds. The number of nitrogens with zero attached hydrogens (tertiary/aromatic N) is 2. The molecule has 0 fully saturated rings. The molecule has 0 radical (unpaired) electrons. The Balaban J connectivity index is 1.65. The van der Waals surface area contributed by atoms with E-state index in [4.69, 9.17) is 8.83 Å². The largest absolute Gasteiger partial charge is 0.456 e. The lowest BCUT2D eigenvalue weighted by molar-refractivity contribution is 0.573. The van der Waals surface area contributed by atoms with Gasteiger partial charge in [-0.25, -0.2) is 4.98 Å². The zero-order valence-electron chi connectivity index (χ0n) is 14.0. The molecule has 0 saturated heterocycles. The number of fused-ring (bicyclic) bond motifs is 2. The van der Waals surface area contributed by atoms with Gasteiger partial charge in [0.15, 0.2) is 0 Å². The quantitative estimate of drug-likeness (QED) is 0.433. The van der Waals surface area contributed by atoms with Crippen molar-refractivity contribution in [1.29, 1.82) is 0 Å². The number of hydrogen-bond donors (Lipinski definition) is 0. The average Bonchev–Trinajstić information content (AvgIpc) is 3.40. The third kappa shape index (κ3) is 2.62. The van der Waals surface area contributed by atoms with Gasteiger partial charge in [-0.05, 0) is 24.3 Å². The molecule has 4 nitrogen and oxygen atoms in total. The van der Waals surface area contributed by atoms with Crippen LogP contribution in [0.5, 0.6) is 0 Å². The highest BCUT2D eigenvalue weighted by molar-refractivity contribution is 5.88. The van der Waals surface area contributed by atoms with Crippen LogP contribution < -0.4 is 0 Å². The second-order valence-electron chi connectivity index (χ2n) is 6.17. The molecule has 0 spiro atoms. The smallest absolute Gasteiger partial charge is 0.138 e. The number of furan rings is 2. The highest BCUT2D eigenvalue weighted by atomic mass is 16.4. The molecule has 3 heterocycles. The zero-order valence-corrected chi connectivity index (χ0v) is 14.0. The second kappa shape index (κ2) is 6.08. The summed E-state index contributed by atoms with van der Waals surface area (Å²) < 4.78 is 14.2. The van der Waals surface area contributed by atoms with Crippen molar-refractivity contribution in [1.82, 2.24) is 9.55 Å². The lowest BCUT2D eigenvalue weighted by atomic mass is 10.1. The molecular formula is C22H16N2O2. The van der Waals surface area contributed by atoms with Gasteiger partial charge in [0.05, 0.1) is 11.9 Å². The summed E-state index contributed by atoms with van der Waals surface area (Å²) in [6.45, 7) is 0.684. The van der Waals surface area contributed by atoms with Crippen LogP contribution in [0.4, 0.5) is 0 Å². The number of imidazole rings is 1. The summed E-state index contributed by atoms with van der Waals surface area (Å²) in [5.74, 6) is 1.59. The van der Waals surface area contributed by atoms with E-state index in [1.54, 1.807) is 12.5 Å². The molecule has 0 bridgehead atoms. The molecular weight excluding hydrogens is 324 g/mol. The van der Waals surface area contributed by atoms with E-state index in [2.05, 4.69) is 35.3 Å². The zero-order chi connectivity index (χ0) is 17.3. The molecule has 5 aromatic rings. The van der Waals surface area contributed by atoms with E-state index in [1.165, 1.54) is 0 Å². The molecule has 3 aromatic heterocycles. The first-order valence-corrected chi connectivity index (χ1v) is 8.51. The van der Waals surface area contributed by atoms with Gasteiger partial charge in [-0.15, -0.1) is 0 Å². The third-order valence-corrected chi connectivity index (χ3v) is 4.45. The summed E-state index contributed by atoms with van der Waals surface area (Å²) in [4.78, 5) is 4.10. The number of hydrogen-bond acceptors (Lipinski definition) is 3. The second-order valence-corrected chi connectivity index (χ2v) is 6.17. The predicted molar refractivity (Wildman–Crippen MR) is 102 cm³/mol. The summed E-state index contributed by atoms with van der Waals surface area (Å²) in [6, 6.07) is 20.1. The van der Waals surface area contributed by atoms with Gasteiger partial charge in [-0.2, -0.15) is 0 Å². The van der Waals surface area contributed by atoms with Gasteiger partial charge in [0.25, 0.3) is 0 Å². The van der Waals surface area contributed by atoms with Gasteiger partial charge in [0, 0.05) is 29.7 Å². The van der Waals surface area contributed by atoms with Crippen molar-refractivity contribution in [2.75, 3.05) is 0 Å². The fourth-order valence-corrected chi connectivity index (χ4v) is 3.14. The number of allylic oxidation sites excluding steroid dienone is 1. The van der Waals surface area contributed by atoms with E-state index in [0.29, 0.717) is 6.54 Å². The standard InChI is InChI=1S/C22H16N2O2/c1-3-7-19-16(5-1)13-21(25-19)18(9-11-24-12-10-23-15-24)22-14-17-6-2-4-8-20(17)26-22/h1-10,12-15H,11H2. The fourth-order valence-electron chi connectivity index (χ4n) is 3.14. The fraction of sp³-hybridized carbons (Fsp3) is 0.0455. The monoisotopic (exact) mass is 340 g/mol. The van der Waals surface area contributed by atoms with Crippen LogP contribution in [0.3, 0.4) is 0 Å². The summed E-state index contributed by atoms with van der Waals surface area (Å²) in [5.41, 5.74) is 2.67. The number of rotatable bonds is 4. The van der Waals surface area contributed by atoms with Crippen molar-refractivity contribution in [3.05, 3.63) is 97.0 Å². The Kier molecular flexibility index (Phi) is 3.46. The molecule has 26 heavy (non-hydrogen) atoms. The van der Waals surface area contributed by atoms with Crippen LogP contribution in [0, 0.1) is 0 Å². The van der Waals surface area contributed by atoms with E-state index in [0.717, 1.165) is 39.0 Å². The summed E-state index contributed by atoms with van der Waals surface area (Å²) >= 11 is 0. The number of para-hydroxylation sites is 2. The first-order valence-electron chi connectivity index (χ1n) is 8.51. The van der Waals surface area contributed by atoms with Crippen molar-refractivity contribution >= 4 is 27.5 Å². The summed E-state index contributed by atoms with van der Waals surface area (Å²) in [5, 5.41) is 2.15. The first kappa shape index (κ1) is 14.8. The lowest BCUT2D eigenvalue weighted by Crippen LogP contribution is -1.93. The van der Waals surface area contributed by atoms with Crippen LogP contribution in [0.15, 0.2) is 94.3 Å². The molecule has 0 atom stereocenters. The molecule has 5 rings (SSSR count). The highest BCUT2D eigenvalue weighted by Gasteiger charge is 2.15. The molecule has 0 saturated carbocycles. The van der Waals surface area contributed by atoms with Gasteiger partial charge in [-0.3, -0.25) is 0 Å². The molecule has 4 heteroatoms. The van der Waals surface area contributed by atoms with Crippen molar-refractivity contribution in [2.45, 2.75) is 6.54 Å². The number of benzene rings is 2. The van der Waals surface area contributed by atoms with Crippen LogP contribution in [-0.4, -0.2) is 9.55 Å². The molecule has 0 aliphatic carbocycles. The Labute approximate surface area is 150 Å². The topological polar surface area (TPSA) is 44.1 Å². The van der Waals surface area contributed by atoms with Crippen LogP contribution >= 0.6 is 0 Å². The van der Waals surface area contributed by atoms with Gasteiger partial charge < -0.3 is 13.4 Å². The summed E-state index contributed by atoms with van der Waals surface area (Å²) in [7, 11) is 0. The Bertz CT molecular complexity index is 1070. The summed E-state index contributed by atoms with van der Waals surface area (Å²) in [6.07, 6.45) is 7.61. The highest BCUT2D eigenvalue weighted by Crippen LogP contribution is 2.32. The van der Waals surface area contributed by atoms with Gasteiger partial charge in [0.2, 0.25) is 0 Å². The minimum atomic E-state index is 0.684. The SMILES string of the molecule is C(Cn1ccnc1)=C(c1cc2ccccc2o1)c1cc2ccccc2o1. The van der Waals surface area contributed by atoms with Crippen molar-refractivity contribution in [3.8, 4) is 0 Å². The average molecular weight is 340 g/mol. The van der Waals surface area contributed by atoms with E-state index in [1.807, 2.05) is 47.2 Å². The molecule has 0 unspecified atom stereocenters. The maximum atomic E-state index is 6.10. The molecule has 2 aromatic carbocycles. The molecule has 0 aliphatic rings. The van der Waals surface area contributed by atoms with Crippen LogP contribution in [0.2, 0.25) is 0 Å². The van der Waals surface area contributed by atoms with E-state index < -0.39 is 0 Å². The molecule has 0 N–H and O–H groups in total. The minimum Gasteiger partial charge on any atom is -0.456 e. The van der Waals surface area contributed by atoms with Crippen LogP contribution in [-0.2, 0) is 6.54 Å². The van der Waals surface area contributed by atoms with Crippen molar-refractivity contribution < 1.29 is 8.83 Å². The molecule has 0 aliphatic heterocycles. The van der Waals surface area contributed by atoms with E-state index in [-0.39, 0.29) is 0 Å². The maximum Gasteiger partial charge on any atom is 0.138 e. The number of aromatic nitrogens is 2. The van der Waals surface area contributed by atoms with Gasteiger partial charge >= 0.3 is 0 Å². The lowest BCUT2D eigenvalue weighted by Gasteiger charge is -2.02. The van der Waals surface area contributed by atoms with Crippen molar-refractivity contribution in [2.24, 2.45) is 0 Å². The van der Waals surface area contributed by atoms with E-state index >= 15 is 0 Å². The van der Waals surface area contributed by atoms with Crippen LogP contribution in [0.1, 0.15) is 11.5 Å². The Morgan fingerprint density at radius 3 is 2.04 bits per heavy atom. The van der Waals surface area contributed by atoms with Crippen molar-refractivity contribution in [3.63, 3.8) is 0 Å². The minimum absolute atomic E-state index is 0.684. The maximum absolute atomic E-state index is 6.10. The Morgan fingerprint density at radius 1 is 0.885 bits per heavy atom. The van der Waals surface area contributed by atoms with Crippen LogP contribution in [0.25, 0.3) is 27.5 Å². The Hall–Kier alpha value is -3.53. The Morgan fingerprint density at radius 2 is 1.50 bits per heavy atom. The molecule has 126 valence electrons. The third-order valence-electron chi connectivity index (χ3n) is 4.45. The first-order chi connectivity index (χ1) is 12.9. The normalized spacial score (nSPS) is 11.2. The van der Waals surface area contributed by atoms with Gasteiger partial charge in [0.1, 0.15) is 22.7 Å². The van der Waals surface area contributed by atoms with Gasteiger partial charge in [-0.1, -0.05) is 42.5 Å². The van der Waals surface area contributed by atoms with E-state index in [9.17, 15) is 0 Å².